The van der Waals surface area contributed by atoms with Crippen LogP contribution in [0.5, 0.6) is 11.5 Å². The van der Waals surface area contributed by atoms with E-state index in [4.69, 9.17) is 14.2 Å². The maximum absolute atomic E-state index is 12.0. The van der Waals surface area contributed by atoms with Gasteiger partial charge in [0.25, 0.3) is 0 Å². The normalized spacial score (nSPS) is 10.1. The fourth-order valence-corrected chi connectivity index (χ4v) is 1.93. The predicted molar refractivity (Wildman–Crippen MR) is 77.1 cm³/mol. The summed E-state index contributed by atoms with van der Waals surface area (Å²) in [6.07, 6.45) is 0. The lowest BCUT2D eigenvalue weighted by Gasteiger charge is -2.10. The lowest BCUT2D eigenvalue weighted by atomic mass is 10.2. The Kier molecular flexibility index (Phi) is 4.79. The fraction of sp³-hybridized carbons (Fsp3) is 0.286. The van der Waals surface area contributed by atoms with E-state index in [1.807, 2.05) is 0 Å². The second-order valence-electron chi connectivity index (χ2n) is 4.22. The van der Waals surface area contributed by atoms with Crippen molar-refractivity contribution < 1.29 is 28.5 Å². The maximum Gasteiger partial charge on any atom is 0.361 e. The van der Waals surface area contributed by atoms with Crippen LogP contribution in [-0.4, -0.2) is 55.4 Å². The Labute approximate surface area is 131 Å². The number of aromatic nitrogens is 3. The van der Waals surface area contributed by atoms with Crippen molar-refractivity contribution >= 4 is 11.9 Å². The third-order valence-corrected chi connectivity index (χ3v) is 3.04. The van der Waals surface area contributed by atoms with Crippen LogP contribution in [0.25, 0.3) is 5.69 Å². The number of hydrogen-bond donors (Lipinski definition) is 0. The molecule has 23 heavy (non-hydrogen) atoms. The minimum absolute atomic E-state index is 0.147. The van der Waals surface area contributed by atoms with Crippen LogP contribution in [0, 0.1) is 0 Å². The third kappa shape index (κ3) is 2.93. The molecular formula is C14H15N3O6. The van der Waals surface area contributed by atoms with Crippen LogP contribution in [0.15, 0.2) is 18.2 Å². The second-order valence-corrected chi connectivity index (χ2v) is 4.22. The van der Waals surface area contributed by atoms with Crippen LogP contribution >= 0.6 is 0 Å². The molecule has 1 heterocycles. The van der Waals surface area contributed by atoms with Gasteiger partial charge in [-0.1, -0.05) is 5.21 Å². The van der Waals surface area contributed by atoms with Crippen LogP contribution in [0.2, 0.25) is 0 Å². The number of nitrogens with zero attached hydrogens (tertiary/aromatic N) is 3. The molecule has 0 atom stereocenters. The Bertz CT molecular complexity index is 740. The number of hydrogen-bond acceptors (Lipinski definition) is 8. The molecule has 0 bridgehead atoms. The first-order valence-electron chi connectivity index (χ1n) is 6.42. The molecule has 0 saturated heterocycles. The number of rotatable bonds is 5. The van der Waals surface area contributed by atoms with Gasteiger partial charge in [0, 0.05) is 6.07 Å². The van der Waals surface area contributed by atoms with Crippen LogP contribution in [-0.2, 0) is 9.47 Å². The van der Waals surface area contributed by atoms with Crippen molar-refractivity contribution in [1.29, 1.82) is 0 Å². The first kappa shape index (κ1) is 16.3. The standard InChI is InChI=1S/C14H15N3O6/c1-20-9-6-5-8(7-10(9)21-2)17-12(14(19)23-4)11(15-16-17)13(18)22-3/h5-7H,1-4H3. The highest BCUT2D eigenvalue weighted by Gasteiger charge is 2.28. The molecule has 0 saturated carbocycles. The summed E-state index contributed by atoms with van der Waals surface area (Å²) in [5.74, 6) is -0.637. The van der Waals surface area contributed by atoms with E-state index in [0.717, 1.165) is 0 Å². The van der Waals surface area contributed by atoms with E-state index in [2.05, 4.69) is 15.0 Å². The van der Waals surface area contributed by atoms with Gasteiger partial charge in [0.05, 0.1) is 34.1 Å². The molecule has 2 rings (SSSR count). The van der Waals surface area contributed by atoms with E-state index in [-0.39, 0.29) is 11.4 Å². The summed E-state index contributed by atoms with van der Waals surface area (Å²) in [5.41, 5.74) is 0.0476. The lowest BCUT2D eigenvalue weighted by molar-refractivity contribution is 0.0546. The van der Waals surface area contributed by atoms with Crippen LogP contribution in [0.3, 0.4) is 0 Å². The molecule has 1 aromatic heterocycles. The Morgan fingerprint density at radius 3 is 2.17 bits per heavy atom. The lowest BCUT2D eigenvalue weighted by Crippen LogP contribution is -2.15. The highest BCUT2D eigenvalue weighted by molar-refractivity contribution is 6.00. The van der Waals surface area contributed by atoms with E-state index in [0.29, 0.717) is 17.2 Å². The summed E-state index contributed by atoms with van der Waals surface area (Å²) in [4.78, 5) is 23.7. The smallest absolute Gasteiger partial charge is 0.361 e. The van der Waals surface area contributed by atoms with Gasteiger partial charge in [0.15, 0.2) is 17.2 Å². The summed E-state index contributed by atoms with van der Waals surface area (Å²) in [7, 11) is 5.35. The quantitative estimate of drug-likeness (QED) is 0.747. The Morgan fingerprint density at radius 2 is 1.61 bits per heavy atom. The summed E-state index contributed by atoms with van der Waals surface area (Å²) in [6.45, 7) is 0. The Balaban J connectivity index is 2.62. The average molecular weight is 321 g/mol. The molecule has 0 spiro atoms. The molecule has 0 N–H and O–H groups in total. The summed E-state index contributed by atoms with van der Waals surface area (Å²) in [6, 6.07) is 4.85. The van der Waals surface area contributed by atoms with Crippen molar-refractivity contribution in [1.82, 2.24) is 15.0 Å². The molecule has 9 heteroatoms. The van der Waals surface area contributed by atoms with Gasteiger partial charge in [-0.2, -0.15) is 0 Å². The van der Waals surface area contributed by atoms with Crippen LogP contribution in [0.4, 0.5) is 0 Å². The molecule has 0 unspecified atom stereocenters. The first-order valence-corrected chi connectivity index (χ1v) is 6.42. The molecule has 9 nitrogen and oxygen atoms in total. The number of carbonyl (C=O) groups is 2. The molecular weight excluding hydrogens is 306 g/mol. The van der Waals surface area contributed by atoms with E-state index in [1.54, 1.807) is 18.2 Å². The van der Waals surface area contributed by atoms with Gasteiger partial charge in [0.1, 0.15) is 0 Å². The fourth-order valence-electron chi connectivity index (χ4n) is 1.93. The number of ether oxygens (including phenoxy) is 4. The molecule has 122 valence electrons. The average Bonchev–Trinajstić information content (AvgIpc) is 3.04. The number of esters is 2. The third-order valence-electron chi connectivity index (χ3n) is 3.04. The van der Waals surface area contributed by atoms with Gasteiger partial charge in [-0.05, 0) is 12.1 Å². The van der Waals surface area contributed by atoms with Crippen LogP contribution < -0.4 is 9.47 Å². The molecule has 0 radical (unpaired) electrons. The van der Waals surface area contributed by atoms with Gasteiger partial charge in [0.2, 0.25) is 5.69 Å². The van der Waals surface area contributed by atoms with Gasteiger partial charge in [-0.15, -0.1) is 5.10 Å². The highest BCUT2D eigenvalue weighted by Crippen LogP contribution is 2.29. The van der Waals surface area contributed by atoms with Gasteiger partial charge in [-0.25, -0.2) is 14.3 Å². The summed E-state index contributed by atoms with van der Waals surface area (Å²) >= 11 is 0. The topological polar surface area (TPSA) is 102 Å². The van der Waals surface area contributed by atoms with Gasteiger partial charge >= 0.3 is 11.9 Å². The van der Waals surface area contributed by atoms with Crippen LogP contribution in [0.1, 0.15) is 21.0 Å². The molecule has 0 fully saturated rings. The van der Waals surface area contributed by atoms with Crippen molar-refractivity contribution in [3.63, 3.8) is 0 Å². The summed E-state index contributed by atoms with van der Waals surface area (Å²) in [5, 5.41) is 7.52. The Morgan fingerprint density at radius 1 is 0.957 bits per heavy atom. The summed E-state index contributed by atoms with van der Waals surface area (Å²) < 4.78 is 20.8. The largest absolute Gasteiger partial charge is 0.493 e. The SMILES string of the molecule is COC(=O)c1nnn(-c2ccc(OC)c(OC)c2)c1C(=O)OC. The first-order chi connectivity index (χ1) is 11.1. The second kappa shape index (κ2) is 6.77. The van der Waals surface area contributed by atoms with Gasteiger partial charge in [-0.3, -0.25) is 0 Å². The van der Waals surface area contributed by atoms with Crippen molar-refractivity contribution in [2.45, 2.75) is 0 Å². The van der Waals surface area contributed by atoms with E-state index < -0.39 is 11.9 Å². The van der Waals surface area contributed by atoms with Gasteiger partial charge < -0.3 is 18.9 Å². The van der Waals surface area contributed by atoms with E-state index in [9.17, 15) is 9.59 Å². The van der Waals surface area contributed by atoms with Crippen molar-refractivity contribution in [2.24, 2.45) is 0 Å². The molecule has 0 aliphatic heterocycles. The maximum atomic E-state index is 12.0. The molecule has 0 aliphatic carbocycles. The minimum atomic E-state index is -0.794. The Hall–Kier alpha value is -3.10. The number of carbonyl (C=O) groups excluding carboxylic acids is 2. The molecule has 1 aromatic carbocycles. The predicted octanol–water partition coefficient (Wildman–Crippen LogP) is 0.858. The molecule has 0 aliphatic rings. The zero-order valence-electron chi connectivity index (χ0n) is 13.0. The van der Waals surface area contributed by atoms with E-state index in [1.165, 1.54) is 33.1 Å². The monoisotopic (exact) mass is 321 g/mol. The zero-order chi connectivity index (χ0) is 17.0. The molecule has 2 aromatic rings. The molecule has 0 amide bonds. The minimum Gasteiger partial charge on any atom is -0.493 e. The van der Waals surface area contributed by atoms with Crippen molar-refractivity contribution in [3.8, 4) is 17.2 Å². The zero-order valence-corrected chi connectivity index (χ0v) is 13.0. The van der Waals surface area contributed by atoms with Crippen molar-refractivity contribution in [3.05, 3.63) is 29.6 Å². The highest BCUT2D eigenvalue weighted by atomic mass is 16.5. The van der Waals surface area contributed by atoms with Crippen molar-refractivity contribution in [2.75, 3.05) is 28.4 Å². The number of benzene rings is 1. The van der Waals surface area contributed by atoms with E-state index >= 15 is 0 Å². The number of methoxy groups -OCH3 is 4.